The molecular weight excluding hydrogens is 308 g/mol. The molecule has 1 aliphatic heterocycles. The first-order valence-electron chi connectivity index (χ1n) is 7.65. The lowest BCUT2D eigenvalue weighted by molar-refractivity contribution is 0.103. The Morgan fingerprint density at radius 1 is 1.22 bits per heavy atom. The van der Waals surface area contributed by atoms with Crippen molar-refractivity contribution in [3.05, 3.63) is 47.0 Å². The Labute approximate surface area is 138 Å². The Morgan fingerprint density at radius 3 is 2.87 bits per heavy atom. The predicted molar refractivity (Wildman–Crippen MR) is 93.3 cm³/mol. The SMILES string of the molecule is O=C(Nc1ccc(N2CCCC2)c2ncccc12)c1cncs1. The number of nitrogens with one attached hydrogen (secondary N) is 1. The maximum Gasteiger partial charge on any atom is 0.267 e. The summed E-state index contributed by atoms with van der Waals surface area (Å²) in [4.78, 5) is 23.8. The van der Waals surface area contributed by atoms with Crippen molar-refractivity contribution in [1.82, 2.24) is 9.97 Å². The lowest BCUT2D eigenvalue weighted by Gasteiger charge is -2.20. The molecular formula is C17H16N4OS. The summed E-state index contributed by atoms with van der Waals surface area (Å²) in [6.07, 6.45) is 5.83. The molecule has 0 saturated carbocycles. The summed E-state index contributed by atoms with van der Waals surface area (Å²) in [6, 6.07) is 7.93. The van der Waals surface area contributed by atoms with Crippen molar-refractivity contribution in [3.8, 4) is 0 Å². The fraction of sp³-hybridized carbons (Fsp3) is 0.235. The van der Waals surface area contributed by atoms with Gasteiger partial charge in [0.2, 0.25) is 0 Å². The maximum absolute atomic E-state index is 12.3. The number of amides is 1. The van der Waals surface area contributed by atoms with Crippen LogP contribution >= 0.6 is 11.3 Å². The van der Waals surface area contributed by atoms with Crippen LogP contribution in [0.25, 0.3) is 10.9 Å². The van der Waals surface area contributed by atoms with E-state index in [-0.39, 0.29) is 5.91 Å². The van der Waals surface area contributed by atoms with Crippen LogP contribution in [0, 0.1) is 0 Å². The molecule has 3 heterocycles. The Bertz CT molecular complexity index is 841. The van der Waals surface area contributed by atoms with Gasteiger partial charge in [0.1, 0.15) is 4.88 Å². The van der Waals surface area contributed by atoms with Crippen LogP contribution < -0.4 is 10.2 Å². The Kier molecular flexibility index (Phi) is 3.67. The van der Waals surface area contributed by atoms with Gasteiger partial charge in [0.05, 0.1) is 28.6 Å². The average molecular weight is 324 g/mol. The molecule has 2 aromatic heterocycles. The summed E-state index contributed by atoms with van der Waals surface area (Å²) >= 11 is 1.33. The predicted octanol–water partition coefficient (Wildman–Crippen LogP) is 3.54. The second-order valence-corrected chi connectivity index (χ2v) is 6.43. The average Bonchev–Trinajstić information content (AvgIpc) is 3.29. The van der Waals surface area contributed by atoms with Crippen molar-refractivity contribution in [2.45, 2.75) is 12.8 Å². The number of aromatic nitrogens is 2. The number of carbonyl (C=O) groups excluding carboxylic acids is 1. The van der Waals surface area contributed by atoms with Crippen molar-refractivity contribution < 1.29 is 4.79 Å². The molecule has 1 aromatic carbocycles. The molecule has 1 amide bonds. The molecule has 0 radical (unpaired) electrons. The monoisotopic (exact) mass is 324 g/mol. The summed E-state index contributed by atoms with van der Waals surface area (Å²) in [6.45, 7) is 2.14. The zero-order chi connectivity index (χ0) is 15.6. The molecule has 0 unspecified atom stereocenters. The van der Waals surface area contributed by atoms with Gasteiger partial charge in [-0.2, -0.15) is 0 Å². The van der Waals surface area contributed by atoms with Crippen LogP contribution in [-0.2, 0) is 0 Å². The molecule has 0 bridgehead atoms. The third-order valence-corrected chi connectivity index (χ3v) is 4.87. The Hall–Kier alpha value is -2.47. The summed E-state index contributed by atoms with van der Waals surface area (Å²) in [5, 5.41) is 3.95. The van der Waals surface area contributed by atoms with Gasteiger partial charge in [-0.25, -0.2) is 0 Å². The summed E-state index contributed by atoms with van der Waals surface area (Å²) in [7, 11) is 0. The number of benzene rings is 1. The molecule has 4 rings (SSSR count). The minimum absolute atomic E-state index is 0.133. The van der Waals surface area contributed by atoms with Crippen molar-refractivity contribution in [3.63, 3.8) is 0 Å². The van der Waals surface area contributed by atoms with Crippen molar-refractivity contribution in [2.24, 2.45) is 0 Å². The number of carbonyl (C=O) groups is 1. The Balaban J connectivity index is 1.73. The number of anilines is 2. The molecule has 116 valence electrons. The van der Waals surface area contributed by atoms with Gasteiger partial charge in [-0.1, -0.05) is 0 Å². The lowest BCUT2D eigenvalue weighted by atomic mass is 10.1. The van der Waals surface area contributed by atoms with Gasteiger partial charge in [0.15, 0.2) is 0 Å². The first-order valence-corrected chi connectivity index (χ1v) is 8.53. The van der Waals surface area contributed by atoms with E-state index < -0.39 is 0 Å². The van der Waals surface area contributed by atoms with Gasteiger partial charge in [-0.15, -0.1) is 11.3 Å². The number of fused-ring (bicyclic) bond motifs is 1. The number of thiazole rings is 1. The van der Waals surface area contributed by atoms with Gasteiger partial charge in [0.25, 0.3) is 5.91 Å². The third kappa shape index (κ3) is 2.66. The van der Waals surface area contributed by atoms with Gasteiger partial charge in [-0.05, 0) is 37.1 Å². The van der Waals surface area contributed by atoms with Crippen LogP contribution in [0.1, 0.15) is 22.5 Å². The van der Waals surface area contributed by atoms with Crippen LogP contribution in [0.15, 0.2) is 42.2 Å². The Morgan fingerprint density at radius 2 is 2.09 bits per heavy atom. The smallest absolute Gasteiger partial charge is 0.267 e. The fourth-order valence-corrected chi connectivity index (χ4v) is 3.51. The quantitative estimate of drug-likeness (QED) is 0.800. The van der Waals surface area contributed by atoms with E-state index in [2.05, 4.69) is 26.3 Å². The highest BCUT2D eigenvalue weighted by Gasteiger charge is 2.18. The molecule has 6 heteroatoms. The van der Waals surface area contributed by atoms with E-state index in [4.69, 9.17) is 0 Å². The van der Waals surface area contributed by atoms with Gasteiger partial charge in [0, 0.05) is 24.7 Å². The first-order chi connectivity index (χ1) is 11.3. The van der Waals surface area contributed by atoms with E-state index in [0.29, 0.717) is 4.88 Å². The largest absolute Gasteiger partial charge is 0.370 e. The van der Waals surface area contributed by atoms with Crippen LogP contribution in [0.3, 0.4) is 0 Å². The topological polar surface area (TPSA) is 58.1 Å². The minimum Gasteiger partial charge on any atom is -0.370 e. The molecule has 0 spiro atoms. The van der Waals surface area contributed by atoms with Crippen LogP contribution in [0.4, 0.5) is 11.4 Å². The van der Waals surface area contributed by atoms with E-state index in [1.54, 1.807) is 17.9 Å². The molecule has 0 atom stereocenters. The lowest BCUT2D eigenvalue weighted by Crippen LogP contribution is -2.18. The fourth-order valence-electron chi connectivity index (χ4n) is 2.99. The van der Waals surface area contributed by atoms with E-state index in [1.807, 2.05) is 18.2 Å². The number of hydrogen-bond acceptors (Lipinski definition) is 5. The molecule has 5 nitrogen and oxygen atoms in total. The summed E-state index contributed by atoms with van der Waals surface area (Å²) in [5.41, 5.74) is 4.53. The minimum atomic E-state index is -0.133. The zero-order valence-electron chi connectivity index (χ0n) is 12.5. The normalized spacial score (nSPS) is 14.3. The second-order valence-electron chi connectivity index (χ2n) is 5.55. The molecule has 1 aliphatic rings. The van der Waals surface area contributed by atoms with E-state index in [0.717, 1.165) is 35.4 Å². The maximum atomic E-state index is 12.3. The van der Waals surface area contributed by atoms with Crippen LogP contribution in [0.5, 0.6) is 0 Å². The molecule has 0 aliphatic carbocycles. The zero-order valence-corrected chi connectivity index (χ0v) is 13.3. The standard InChI is InChI=1S/C17H16N4OS/c22-17(15-10-18-11-23-15)20-13-5-6-14(21-8-1-2-9-21)16-12(13)4-3-7-19-16/h3-7,10-11H,1-2,8-9H2,(H,20,22). The third-order valence-electron chi connectivity index (χ3n) is 4.10. The van der Waals surface area contributed by atoms with Gasteiger partial charge >= 0.3 is 0 Å². The van der Waals surface area contributed by atoms with Crippen LogP contribution in [-0.4, -0.2) is 29.0 Å². The van der Waals surface area contributed by atoms with E-state index in [9.17, 15) is 4.79 Å². The molecule has 1 fully saturated rings. The van der Waals surface area contributed by atoms with E-state index in [1.165, 1.54) is 24.2 Å². The van der Waals surface area contributed by atoms with Crippen molar-refractivity contribution >= 4 is 39.5 Å². The summed E-state index contributed by atoms with van der Waals surface area (Å²) in [5.74, 6) is -0.133. The second kappa shape index (κ2) is 5.96. The van der Waals surface area contributed by atoms with Gasteiger partial charge < -0.3 is 10.2 Å². The molecule has 3 aromatic rings. The highest BCUT2D eigenvalue weighted by molar-refractivity contribution is 7.11. The molecule has 1 saturated heterocycles. The highest BCUT2D eigenvalue weighted by Crippen LogP contribution is 2.32. The number of hydrogen-bond donors (Lipinski definition) is 1. The van der Waals surface area contributed by atoms with Gasteiger partial charge in [-0.3, -0.25) is 14.8 Å². The summed E-state index contributed by atoms with van der Waals surface area (Å²) < 4.78 is 0. The molecule has 23 heavy (non-hydrogen) atoms. The number of nitrogens with zero attached hydrogens (tertiary/aromatic N) is 3. The van der Waals surface area contributed by atoms with Crippen molar-refractivity contribution in [1.29, 1.82) is 0 Å². The van der Waals surface area contributed by atoms with Crippen LogP contribution in [0.2, 0.25) is 0 Å². The molecule has 1 N–H and O–H groups in total. The highest BCUT2D eigenvalue weighted by atomic mass is 32.1. The van der Waals surface area contributed by atoms with E-state index >= 15 is 0 Å². The number of rotatable bonds is 3. The first kappa shape index (κ1) is 14.1. The van der Waals surface area contributed by atoms with Crippen molar-refractivity contribution in [2.75, 3.05) is 23.3 Å². The number of pyridine rings is 1.